The van der Waals surface area contributed by atoms with Crippen molar-refractivity contribution in [2.45, 2.75) is 13.8 Å². The van der Waals surface area contributed by atoms with E-state index in [1.165, 1.54) is 16.9 Å². The van der Waals surface area contributed by atoms with Crippen LogP contribution in [-0.4, -0.2) is 18.5 Å². The minimum atomic E-state index is -0.0663. The molecule has 0 N–H and O–H groups in total. The second-order valence-electron chi connectivity index (χ2n) is 7.22. The second-order valence-corrected chi connectivity index (χ2v) is 8.23. The molecule has 0 saturated carbocycles. The number of thiazole rings is 1. The molecular weight excluding hydrogens is 372 g/mol. The molecule has 28 heavy (non-hydrogen) atoms. The van der Waals surface area contributed by atoms with Crippen molar-refractivity contribution in [3.63, 3.8) is 0 Å². The van der Waals surface area contributed by atoms with Crippen LogP contribution < -0.4 is 15.8 Å². The fraction of sp³-hybridized carbons (Fsp3) is 0.190. The van der Waals surface area contributed by atoms with Crippen molar-refractivity contribution in [3.05, 3.63) is 72.4 Å². The molecule has 6 nitrogen and oxygen atoms in total. The molecule has 0 bridgehead atoms. The fourth-order valence-corrected chi connectivity index (χ4v) is 4.67. The molecule has 0 amide bonds. The van der Waals surface area contributed by atoms with Gasteiger partial charge in [0, 0.05) is 14.1 Å². The first-order valence-electron chi connectivity index (χ1n) is 8.94. The van der Waals surface area contributed by atoms with Crippen molar-refractivity contribution in [2.75, 3.05) is 0 Å². The number of aryl methyl sites for hydroxylation is 4. The molecule has 7 heteroatoms. The summed E-state index contributed by atoms with van der Waals surface area (Å²) in [5.74, 6) is 0. The van der Waals surface area contributed by atoms with Crippen LogP contribution in [0.4, 0.5) is 0 Å². The van der Waals surface area contributed by atoms with E-state index in [4.69, 9.17) is 0 Å². The van der Waals surface area contributed by atoms with E-state index in [9.17, 15) is 9.59 Å². The van der Waals surface area contributed by atoms with Crippen LogP contribution in [0.25, 0.3) is 33.1 Å². The predicted molar refractivity (Wildman–Crippen MR) is 113 cm³/mol. The van der Waals surface area contributed by atoms with Crippen LogP contribution >= 0.6 is 11.3 Å². The third-order valence-electron chi connectivity index (χ3n) is 5.45. The van der Waals surface area contributed by atoms with Crippen molar-refractivity contribution in [3.8, 4) is 0 Å². The van der Waals surface area contributed by atoms with E-state index < -0.39 is 0 Å². The van der Waals surface area contributed by atoms with E-state index in [-0.39, 0.29) is 11.2 Å². The Balaban J connectivity index is 1.76. The summed E-state index contributed by atoms with van der Waals surface area (Å²) in [7, 11) is 3.51. The van der Waals surface area contributed by atoms with E-state index in [2.05, 4.69) is 4.98 Å². The number of hydrogen-bond acceptors (Lipinski definition) is 4. The maximum absolute atomic E-state index is 13.0. The van der Waals surface area contributed by atoms with Crippen LogP contribution in [0.15, 0.2) is 39.9 Å². The Labute approximate surface area is 163 Å². The summed E-state index contributed by atoms with van der Waals surface area (Å²) in [5.41, 5.74) is 6.46. The molecule has 0 unspecified atom stereocenters. The number of aromatic nitrogens is 4. The number of imidazole rings is 2. The van der Waals surface area contributed by atoms with Crippen molar-refractivity contribution in [1.29, 1.82) is 0 Å². The highest BCUT2D eigenvalue weighted by atomic mass is 32.1. The van der Waals surface area contributed by atoms with E-state index >= 15 is 0 Å². The average molecular weight is 390 g/mol. The van der Waals surface area contributed by atoms with Gasteiger partial charge < -0.3 is 0 Å². The third-order valence-corrected chi connectivity index (χ3v) is 6.42. The van der Waals surface area contributed by atoms with E-state index in [1.54, 1.807) is 27.6 Å². The molecule has 0 radical (unpaired) electrons. The van der Waals surface area contributed by atoms with Gasteiger partial charge in [-0.05, 0) is 60.9 Å². The quantitative estimate of drug-likeness (QED) is 0.441. The smallest absolute Gasteiger partial charge is 0.295 e. The van der Waals surface area contributed by atoms with E-state index in [1.807, 2.05) is 50.3 Å². The van der Waals surface area contributed by atoms with Gasteiger partial charge >= 0.3 is 5.69 Å². The molecule has 0 aliphatic heterocycles. The summed E-state index contributed by atoms with van der Waals surface area (Å²) in [6.45, 7) is 4.09. The normalized spacial score (nSPS) is 12.8. The van der Waals surface area contributed by atoms with Crippen molar-refractivity contribution < 1.29 is 0 Å². The Hall–Kier alpha value is -3.19. The summed E-state index contributed by atoms with van der Waals surface area (Å²) >= 11 is 1.38. The third kappa shape index (κ3) is 2.23. The first-order chi connectivity index (χ1) is 13.3. The average Bonchev–Trinajstić information content (AvgIpc) is 3.23. The summed E-state index contributed by atoms with van der Waals surface area (Å²) < 4.78 is 5.55. The van der Waals surface area contributed by atoms with Gasteiger partial charge in [0.25, 0.3) is 5.56 Å². The zero-order valence-corrected chi connectivity index (χ0v) is 16.8. The molecule has 0 atom stereocenters. The van der Waals surface area contributed by atoms with Crippen molar-refractivity contribution >= 4 is 44.4 Å². The van der Waals surface area contributed by atoms with E-state index in [0.29, 0.717) is 9.49 Å². The molecule has 0 aliphatic rings. The lowest BCUT2D eigenvalue weighted by molar-refractivity contribution is 0.795. The van der Waals surface area contributed by atoms with Crippen LogP contribution in [0.2, 0.25) is 0 Å². The number of rotatable bonds is 1. The van der Waals surface area contributed by atoms with Crippen LogP contribution in [-0.2, 0) is 14.1 Å². The topological polar surface area (TPSA) is 61.3 Å². The maximum Gasteiger partial charge on any atom is 0.328 e. The van der Waals surface area contributed by atoms with Crippen LogP contribution in [0.3, 0.4) is 0 Å². The molecule has 140 valence electrons. The molecular formula is C21H18N4O2S. The monoisotopic (exact) mass is 390 g/mol. The highest BCUT2D eigenvalue weighted by molar-refractivity contribution is 7.15. The van der Waals surface area contributed by atoms with Gasteiger partial charge in [0.05, 0.1) is 26.6 Å². The predicted octanol–water partition coefficient (Wildman–Crippen LogP) is 2.26. The molecule has 5 aromatic rings. The molecule has 5 rings (SSSR count). The lowest BCUT2D eigenvalue weighted by atomic mass is 10.1. The Morgan fingerprint density at radius 2 is 1.64 bits per heavy atom. The van der Waals surface area contributed by atoms with Gasteiger partial charge in [-0.15, -0.1) is 0 Å². The molecule has 3 aromatic heterocycles. The summed E-state index contributed by atoms with van der Waals surface area (Å²) in [4.78, 5) is 30.5. The Morgan fingerprint density at radius 3 is 2.43 bits per heavy atom. The fourth-order valence-electron chi connectivity index (χ4n) is 3.68. The molecule has 3 heterocycles. The summed E-state index contributed by atoms with van der Waals surface area (Å²) in [6, 6.07) is 9.82. The van der Waals surface area contributed by atoms with Crippen molar-refractivity contribution in [2.24, 2.45) is 14.1 Å². The minimum Gasteiger partial charge on any atom is -0.295 e. The van der Waals surface area contributed by atoms with Gasteiger partial charge in [-0.25, -0.2) is 14.2 Å². The van der Waals surface area contributed by atoms with Crippen LogP contribution in [0, 0.1) is 13.8 Å². The zero-order valence-electron chi connectivity index (χ0n) is 16.0. The van der Waals surface area contributed by atoms with Gasteiger partial charge in [0.15, 0.2) is 4.96 Å². The zero-order chi connectivity index (χ0) is 19.7. The number of nitrogens with zero attached hydrogens (tertiary/aromatic N) is 4. The number of hydrogen-bond donors (Lipinski definition) is 0. The Kier molecular flexibility index (Phi) is 3.42. The van der Waals surface area contributed by atoms with Gasteiger partial charge in [-0.3, -0.25) is 13.9 Å². The van der Waals surface area contributed by atoms with Crippen LogP contribution in [0.5, 0.6) is 0 Å². The summed E-state index contributed by atoms with van der Waals surface area (Å²) in [6.07, 6.45) is 1.87. The summed E-state index contributed by atoms with van der Waals surface area (Å²) in [5, 5.41) is 0. The minimum absolute atomic E-state index is 0.0622. The van der Waals surface area contributed by atoms with Gasteiger partial charge in [0.1, 0.15) is 0 Å². The van der Waals surface area contributed by atoms with Gasteiger partial charge in [-0.1, -0.05) is 17.4 Å². The largest absolute Gasteiger partial charge is 0.328 e. The Bertz CT molecular complexity index is 1600. The number of fused-ring (bicyclic) bond motifs is 4. The molecule has 0 aliphatic carbocycles. The SMILES string of the molecule is Cc1cc2nc3s/c(=C\c4ccc5c(c4)n(C)c(=O)n5C)c(=O)n3c2cc1C. The van der Waals surface area contributed by atoms with Crippen molar-refractivity contribution in [1.82, 2.24) is 18.5 Å². The first kappa shape index (κ1) is 16.9. The lowest BCUT2D eigenvalue weighted by Gasteiger charge is -1.98. The standard InChI is InChI=1S/C21H18N4O2S/c1-11-7-14-16(8-12(11)2)25-19(26)18(28-20(25)22-14)10-13-5-6-15-17(9-13)24(4)21(27)23(15)3/h5-10H,1-4H3/b18-10-. The molecule has 0 fully saturated rings. The lowest BCUT2D eigenvalue weighted by Crippen LogP contribution is -2.22. The number of benzene rings is 2. The maximum atomic E-state index is 13.0. The van der Waals surface area contributed by atoms with Gasteiger partial charge in [0.2, 0.25) is 0 Å². The molecule has 0 saturated heterocycles. The Morgan fingerprint density at radius 1 is 0.929 bits per heavy atom. The highest BCUT2D eigenvalue weighted by Crippen LogP contribution is 2.21. The van der Waals surface area contributed by atoms with E-state index in [0.717, 1.165) is 33.2 Å². The second kappa shape index (κ2) is 5.65. The van der Waals surface area contributed by atoms with Crippen LogP contribution in [0.1, 0.15) is 16.7 Å². The first-order valence-corrected chi connectivity index (χ1v) is 9.76. The molecule has 2 aromatic carbocycles. The highest BCUT2D eigenvalue weighted by Gasteiger charge is 2.13. The van der Waals surface area contributed by atoms with Gasteiger partial charge in [-0.2, -0.15) is 0 Å². The molecule has 0 spiro atoms.